The van der Waals surface area contributed by atoms with Crippen LogP contribution < -0.4 is 5.32 Å². The number of methoxy groups -OCH3 is 1. The summed E-state index contributed by atoms with van der Waals surface area (Å²) in [6, 6.07) is 1.73. The number of likely N-dealkylation sites (N-methyl/N-ethyl adjacent to an activating group) is 1. The lowest BCUT2D eigenvalue weighted by atomic mass is 10.2. The molecule has 1 unspecified atom stereocenters. The van der Waals surface area contributed by atoms with Gasteiger partial charge in [-0.25, -0.2) is 4.79 Å². The van der Waals surface area contributed by atoms with E-state index in [0.717, 1.165) is 38.5 Å². The number of furan rings is 1. The third-order valence-electron chi connectivity index (χ3n) is 3.72. The number of carbonyl (C=O) groups excluding carboxylic acids is 1. The van der Waals surface area contributed by atoms with Gasteiger partial charge in [0.1, 0.15) is 17.1 Å². The van der Waals surface area contributed by atoms with Crippen molar-refractivity contribution >= 4 is 5.97 Å². The highest BCUT2D eigenvalue weighted by Gasteiger charge is 2.19. The third kappa shape index (κ3) is 4.30. The van der Waals surface area contributed by atoms with E-state index in [1.54, 1.807) is 13.0 Å². The third-order valence-corrected chi connectivity index (χ3v) is 3.72. The highest BCUT2D eigenvalue weighted by molar-refractivity contribution is 5.90. The van der Waals surface area contributed by atoms with Crippen LogP contribution >= 0.6 is 0 Å². The van der Waals surface area contributed by atoms with Crippen molar-refractivity contribution in [1.29, 1.82) is 0 Å². The molecule has 1 aliphatic rings. The predicted molar refractivity (Wildman–Crippen MR) is 78.3 cm³/mol. The SMILES string of the molecule is CCN1CCOC(CNCc2cc(C(=O)OC)c(C)o2)C1. The molecule has 118 valence electrons. The van der Waals surface area contributed by atoms with E-state index in [4.69, 9.17) is 13.9 Å². The van der Waals surface area contributed by atoms with E-state index in [2.05, 4.69) is 17.1 Å². The van der Waals surface area contributed by atoms with Gasteiger partial charge in [-0.15, -0.1) is 0 Å². The van der Waals surface area contributed by atoms with Gasteiger partial charge in [0, 0.05) is 19.6 Å². The molecule has 0 saturated carbocycles. The maximum absolute atomic E-state index is 11.5. The summed E-state index contributed by atoms with van der Waals surface area (Å²) in [6.45, 7) is 9.07. The van der Waals surface area contributed by atoms with Crippen LogP contribution in [0.25, 0.3) is 0 Å². The van der Waals surface area contributed by atoms with E-state index in [0.29, 0.717) is 17.9 Å². The minimum Gasteiger partial charge on any atom is -0.465 e. The van der Waals surface area contributed by atoms with Crippen molar-refractivity contribution in [1.82, 2.24) is 10.2 Å². The van der Waals surface area contributed by atoms with Crippen LogP contribution in [-0.2, 0) is 16.0 Å². The quantitative estimate of drug-likeness (QED) is 0.796. The van der Waals surface area contributed by atoms with Crippen LogP contribution in [0.15, 0.2) is 10.5 Å². The Labute approximate surface area is 125 Å². The number of rotatable bonds is 6. The molecule has 0 spiro atoms. The van der Waals surface area contributed by atoms with Gasteiger partial charge in [-0.1, -0.05) is 6.92 Å². The fraction of sp³-hybridized carbons (Fsp3) is 0.667. The van der Waals surface area contributed by atoms with Crippen LogP contribution in [0.1, 0.15) is 28.8 Å². The topological polar surface area (TPSA) is 63.9 Å². The molecule has 1 fully saturated rings. The molecule has 0 aromatic carbocycles. The predicted octanol–water partition coefficient (Wildman–Crippen LogP) is 1.18. The van der Waals surface area contributed by atoms with Crippen LogP contribution in [0.4, 0.5) is 0 Å². The number of esters is 1. The summed E-state index contributed by atoms with van der Waals surface area (Å²) in [5.41, 5.74) is 0.486. The Kier molecular flexibility index (Phi) is 5.78. The Bertz CT molecular complexity index is 472. The van der Waals surface area contributed by atoms with Crippen LogP contribution in [0.2, 0.25) is 0 Å². The number of hydrogen-bond acceptors (Lipinski definition) is 6. The molecule has 0 bridgehead atoms. The number of nitrogens with zero attached hydrogens (tertiary/aromatic N) is 1. The average Bonchev–Trinajstić information content (AvgIpc) is 2.87. The van der Waals surface area contributed by atoms with Crippen molar-refractivity contribution in [2.45, 2.75) is 26.5 Å². The maximum Gasteiger partial charge on any atom is 0.341 e. The highest BCUT2D eigenvalue weighted by atomic mass is 16.5. The van der Waals surface area contributed by atoms with E-state index in [1.165, 1.54) is 7.11 Å². The van der Waals surface area contributed by atoms with Crippen molar-refractivity contribution in [3.05, 3.63) is 23.2 Å². The van der Waals surface area contributed by atoms with Crippen LogP contribution in [-0.4, -0.2) is 56.9 Å². The van der Waals surface area contributed by atoms with Gasteiger partial charge in [0.05, 0.1) is 26.4 Å². The smallest absolute Gasteiger partial charge is 0.341 e. The molecular formula is C15H24N2O4. The molecule has 6 nitrogen and oxygen atoms in total. The van der Waals surface area contributed by atoms with Gasteiger partial charge >= 0.3 is 5.97 Å². The first-order valence-electron chi connectivity index (χ1n) is 7.36. The summed E-state index contributed by atoms with van der Waals surface area (Å²) in [5.74, 6) is 0.956. The van der Waals surface area contributed by atoms with Gasteiger partial charge in [-0.3, -0.25) is 4.90 Å². The van der Waals surface area contributed by atoms with Gasteiger partial charge in [0.25, 0.3) is 0 Å². The normalized spacial score (nSPS) is 19.7. The molecule has 0 amide bonds. The van der Waals surface area contributed by atoms with Gasteiger partial charge in [0.15, 0.2) is 0 Å². The van der Waals surface area contributed by atoms with Crippen molar-refractivity contribution in [2.24, 2.45) is 0 Å². The van der Waals surface area contributed by atoms with Gasteiger partial charge in [-0.2, -0.15) is 0 Å². The summed E-state index contributed by atoms with van der Waals surface area (Å²) in [6.07, 6.45) is 0.204. The highest BCUT2D eigenvalue weighted by Crippen LogP contribution is 2.15. The monoisotopic (exact) mass is 296 g/mol. The minimum atomic E-state index is -0.364. The molecular weight excluding hydrogens is 272 g/mol. The zero-order chi connectivity index (χ0) is 15.2. The number of nitrogens with one attached hydrogen (secondary N) is 1. The lowest BCUT2D eigenvalue weighted by Crippen LogP contribution is -2.46. The number of aryl methyl sites for hydroxylation is 1. The van der Waals surface area contributed by atoms with Crippen LogP contribution in [0, 0.1) is 6.92 Å². The number of carbonyl (C=O) groups is 1. The first-order chi connectivity index (χ1) is 10.1. The van der Waals surface area contributed by atoms with Crippen molar-refractivity contribution in [3.8, 4) is 0 Å². The molecule has 2 rings (SSSR count). The molecule has 1 N–H and O–H groups in total. The molecule has 1 aromatic rings. The summed E-state index contributed by atoms with van der Waals surface area (Å²) in [7, 11) is 1.37. The summed E-state index contributed by atoms with van der Waals surface area (Å²) < 4.78 is 16.0. The van der Waals surface area contributed by atoms with Gasteiger partial charge in [0.2, 0.25) is 0 Å². The maximum atomic E-state index is 11.5. The minimum absolute atomic E-state index is 0.204. The molecule has 21 heavy (non-hydrogen) atoms. The molecule has 0 radical (unpaired) electrons. The second kappa shape index (κ2) is 7.59. The zero-order valence-electron chi connectivity index (χ0n) is 13.0. The lowest BCUT2D eigenvalue weighted by Gasteiger charge is -2.32. The molecule has 1 aromatic heterocycles. The summed E-state index contributed by atoms with van der Waals surface area (Å²) in [5, 5.41) is 3.32. The van der Waals surface area contributed by atoms with Crippen LogP contribution in [0.5, 0.6) is 0 Å². The second-order valence-electron chi connectivity index (χ2n) is 5.19. The summed E-state index contributed by atoms with van der Waals surface area (Å²) >= 11 is 0. The van der Waals surface area contributed by atoms with E-state index < -0.39 is 0 Å². The standard InChI is InChI=1S/C15H24N2O4/c1-4-17-5-6-20-13(10-17)9-16-8-12-7-14(11(2)21-12)15(18)19-3/h7,13,16H,4-6,8-10H2,1-3H3. The van der Waals surface area contributed by atoms with Crippen molar-refractivity contribution in [3.63, 3.8) is 0 Å². The molecule has 0 aliphatic carbocycles. The Morgan fingerprint density at radius 3 is 3.10 bits per heavy atom. The fourth-order valence-corrected chi connectivity index (χ4v) is 2.49. The zero-order valence-corrected chi connectivity index (χ0v) is 13.0. The molecule has 1 atom stereocenters. The molecule has 1 saturated heterocycles. The molecule has 1 aliphatic heterocycles. The van der Waals surface area contributed by atoms with E-state index >= 15 is 0 Å². The van der Waals surface area contributed by atoms with Gasteiger partial charge in [-0.05, 0) is 19.5 Å². The summed E-state index contributed by atoms with van der Waals surface area (Å²) in [4.78, 5) is 13.9. The molecule has 2 heterocycles. The molecule has 6 heteroatoms. The average molecular weight is 296 g/mol. The largest absolute Gasteiger partial charge is 0.465 e. The first kappa shape index (κ1) is 16.0. The number of ether oxygens (including phenoxy) is 2. The lowest BCUT2D eigenvalue weighted by molar-refractivity contribution is -0.0255. The second-order valence-corrected chi connectivity index (χ2v) is 5.19. The van der Waals surface area contributed by atoms with E-state index in [-0.39, 0.29) is 12.1 Å². The Morgan fingerprint density at radius 1 is 1.57 bits per heavy atom. The van der Waals surface area contributed by atoms with Crippen LogP contribution in [0.3, 0.4) is 0 Å². The fourth-order valence-electron chi connectivity index (χ4n) is 2.49. The van der Waals surface area contributed by atoms with Gasteiger partial charge < -0.3 is 19.2 Å². The van der Waals surface area contributed by atoms with E-state index in [9.17, 15) is 4.79 Å². The first-order valence-corrected chi connectivity index (χ1v) is 7.36. The Hall–Kier alpha value is -1.37. The Morgan fingerprint density at radius 2 is 2.38 bits per heavy atom. The van der Waals surface area contributed by atoms with Crippen molar-refractivity contribution < 1.29 is 18.7 Å². The number of hydrogen-bond donors (Lipinski definition) is 1. The number of morpholine rings is 1. The van der Waals surface area contributed by atoms with E-state index in [1.807, 2.05) is 0 Å². The van der Waals surface area contributed by atoms with Crippen molar-refractivity contribution in [2.75, 3.05) is 39.9 Å². The Balaban J connectivity index is 1.79.